The molecule has 1 saturated heterocycles. The average Bonchev–Trinajstić information content (AvgIpc) is 3.43. The number of anilines is 3. The van der Waals surface area contributed by atoms with Crippen molar-refractivity contribution in [2.75, 3.05) is 28.2 Å². The fourth-order valence-electron chi connectivity index (χ4n) is 4.81. The van der Waals surface area contributed by atoms with Crippen molar-refractivity contribution in [3.63, 3.8) is 0 Å². The molecule has 1 fully saturated rings. The highest BCUT2D eigenvalue weighted by atomic mass is 16.2. The van der Waals surface area contributed by atoms with Gasteiger partial charge in [-0.25, -0.2) is 9.78 Å². The predicted octanol–water partition coefficient (Wildman–Crippen LogP) is 4.14. The summed E-state index contributed by atoms with van der Waals surface area (Å²) in [6.45, 7) is 1.70. The molecule has 2 aliphatic rings. The quantitative estimate of drug-likeness (QED) is 0.511. The number of carbonyl (C=O) groups excluding carboxylic acids is 1. The minimum atomic E-state index is -0.193. The lowest BCUT2D eigenvalue weighted by Gasteiger charge is -2.36. The summed E-state index contributed by atoms with van der Waals surface area (Å²) >= 11 is 0. The summed E-state index contributed by atoms with van der Waals surface area (Å²) in [6, 6.07) is 19.2. The molecular weight excluding hydrogens is 414 g/mol. The Kier molecular flexibility index (Phi) is 4.30. The number of fused-ring (bicyclic) bond motifs is 5. The molecule has 2 aromatic carbocycles. The molecule has 2 aliphatic heterocycles. The van der Waals surface area contributed by atoms with Crippen molar-refractivity contribution in [2.45, 2.75) is 12.5 Å². The average molecular weight is 435 g/mol. The van der Waals surface area contributed by atoms with Crippen LogP contribution in [0.3, 0.4) is 0 Å². The molecule has 1 atom stereocenters. The van der Waals surface area contributed by atoms with Gasteiger partial charge in [0.15, 0.2) is 5.82 Å². The Bertz CT molecular complexity index is 1450. The van der Waals surface area contributed by atoms with Crippen molar-refractivity contribution < 1.29 is 4.79 Å². The molecule has 2 aromatic heterocycles. The van der Waals surface area contributed by atoms with E-state index in [4.69, 9.17) is 4.98 Å². The number of nitrogens with zero attached hydrogens (tertiary/aromatic N) is 6. The number of urea groups is 1. The summed E-state index contributed by atoms with van der Waals surface area (Å²) in [5, 5.41) is 17.6. The zero-order valence-corrected chi connectivity index (χ0v) is 18.1. The zero-order valence-electron chi connectivity index (χ0n) is 18.1. The molecule has 0 aliphatic carbocycles. The summed E-state index contributed by atoms with van der Waals surface area (Å²) in [5.74, 6) is 0.656. The van der Waals surface area contributed by atoms with Gasteiger partial charge in [-0.3, -0.25) is 9.58 Å². The first kappa shape index (κ1) is 19.3. The number of benzene rings is 2. The number of hydrogen-bond acceptors (Lipinski definition) is 5. The normalized spacial score (nSPS) is 16.5. The van der Waals surface area contributed by atoms with E-state index in [2.05, 4.69) is 21.4 Å². The number of nitriles is 1. The van der Waals surface area contributed by atoms with Gasteiger partial charge in [-0.15, -0.1) is 0 Å². The number of aromatic nitrogens is 3. The van der Waals surface area contributed by atoms with E-state index in [0.29, 0.717) is 11.4 Å². The van der Waals surface area contributed by atoms with E-state index in [0.717, 1.165) is 53.0 Å². The van der Waals surface area contributed by atoms with Gasteiger partial charge in [-0.05, 0) is 48.9 Å². The topological polar surface area (TPSA) is 90.1 Å². The summed E-state index contributed by atoms with van der Waals surface area (Å²) in [6.07, 6.45) is 2.68. The number of nitrogens with one attached hydrogen (secondary N) is 1. The lowest BCUT2D eigenvalue weighted by atomic mass is 10.1. The number of hydrogen-bond donors (Lipinski definition) is 1. The van der Waals surface area contributed by atoms with Crippen LogP contribution in [0.15, 0.2) is 60.8 Å². The van der Waals surface area contributed by atoms with Gasteiger partial charge in [-0.1, -0.05) is 12.1 Å². The molecule has 0 unspecified atom stereocenters. The third kappa shape index (κ3) is 3.17. The summed E-state index contributed by atoms with van der Waals surface area (Å²) in [5.41, 5.74) is 4.86. The Morgan fingerprint density at radius 2 is 2.09 bits per heavy atom. The van der Waals surface area contributed by atoms with Crippen LogP contribution in [0.1, 0.15) is 12.0 Å². The van der Waals surface area contributed by atoms with Gasteiger partial charge >= 0.3 is 6.03 Å². The van der Waals surface area contributed by atoms with Crippen LogP contribution in [0.2, 0.25) is 0 Å². The zero-order chi connectivity index (χ0) is 22.5. The smallest absolute Gasteiger partial charge is 0.327 e. The molecule has 1 N–H and O–H groups in total. The van der Waals surface area contributed by atoms with Crippen LogP contribution < -0.4 is 15.1 Å². The number of aryl methyl sites for hydroxylation is 1. The van der Waals surface area contributed by atoms with E-state index < -0.39 is 0 Å². The Hall–Kier alpha value is -4.38. The maximum Gasteiger partial charge on any atom is 0.327 e. The van der Waals surface area contributed by atoms with E-state index in [1.807, 2.05) is 60.3 Å². The molecule has 8 nitrogen and oxygen atoms in total. The summed E-state index contributed by atoms with van der Waals surface area (Å²) in [7, 11) is 1.90. The second kappa shape index (κ2) is 7.35. The molecule has 4 aromatic rings. The van der Waals surface area contributed by atoms with Gasteiger partial charge in [0.05, 0.1) is 40.8 Å². The predicted molar refractivity (Wildman–Crippen MR) is 127 cm³/mol. The molecule has 4 heterocycles. The molecule has 0 spiro atoms. The van der Waals surface area contributed by atoms with Crippen LogP contribution in [0.4, 0.5) is 22.0 Å². The van der Waals surface area contributed by atoms with Gasteiger partial charge in [-0.2, -0.15) is 10.4 Å². The van der Waals surface area contributed by atoms with Crippen molar-refractivity contribution in [1.29, 1.82) is 5.26 Å². The van der Waals surface area contributed by atoms with E-state index in [-0.39, 0.29) is 12.1 Å². The second-order valence-corrected chi connectivity index (χ2v) is 8.46. The van der Waals surface area contributed by atoms with E-state index in [1.165, 1.54) is 0 Å². The van der Waals surface area contributed by atoms with Gasteiger partial charge in [0.25, 0.3) is 0 Å². The minimum Gasteiger partial charge on any atom is -0.366 e. The van der Waals surface area contributed by atoms with Crippen LogP contribution in [-0.2, 0) is 7.05 Å². The van der Waals surface area contributed by atoms with Gasteiger partial charge in [0, 0.05) is 36.8 Å². The van der Waals surface area contributed by atoms with Crippen LogP contribution >= 0.6 is 0 Å². The Balaban J connectivity index is 1.37. The van der Waals surface area contributed by atoms with Crippen molar-refractivity contribution in [3.8, 4) is 17.3 Å². The fourth-order valence-corrected chi connectivity index (χ4v) is 4.81. The maximum absolute atomic E-state index is 13.5. The SMILES string of the molecule is Cn1ncc2cc(NC(=O)N3c4nc(-c5cccc(C#N)c5)ccc4N4CC[C@H]3C4)ccc21. The summed E-state index contributed by atoms with van der Waals surface area (Å²) < 4.78 is 1.81. The Morgan fingerprint density at radius 1 is 1.18 bits per heavy atom. The van der Waals surface area contributed by atoms with Gasteiger partial charge < -0.3 is 10.2 Å². The summed E-state index contributed by atoms with van der Waals surface area (Å²) in [4.78, 5) is 22.5. The molecule has 162 valence electrons. The van der Waals surface area contributed by atoms with Crippen LogP contribution in [-0.4, -0.2) is 39.9 Å². The van der Waals surface area contributed by atoms with Crippen molar-refractivity contribution in [1.82, 2.24) is 14.8 Å². The van der Waals surface area contributed by atoms with E-state index in [9.17, 15) is 10.1 Å². The monoisotopic (exact) mass is 435 g/mol. The molecule has 0 radical (unpaired) electrons. The Morgan fingerprint density at radius 3 is 2.97 bits per heavy atom. The number of carbonyl (C=O) groups is 1. The molecular formula is C25H21N7O. The van der Waals surface area contributed by atoms with Gasteiger partial charge in [0.2, 0.25) is 0 Å². The molecule has 6 rings (SSSR count). The van der Waals surface area contributed by atoms with Crippen molar-refractivity contribution >= 4 is 34.1 Å². The van der Waals surface area contributed by atoms with E-state index >= 15 is 0 Å². The lowest BCUT2D eigenvalue weighted by Crippen LogP contribution is -2.48. The van der Waals surface area contributed by atoms with Crippen LogP contribution in [0.25, 0.3) is 22.2 Å². The second-order valence-electron chi connectivity index (χ2n) is 8.46. The molecule has 2 bridgehead atoms. The standard InChI is InChI=1S/C25H21N7O/c1-30-22-7-5-19(12-18(22)14-27-30)28-25(33)32-20-9-10-31(15-20)23-8-6-21(29-24(23)32)17-4-2-3-16(11-17)13-26/h2-8,11-12,14,20H,9-10,15H2,1H3,(H,28,33)/t20-/m0/s1. The lowest BCUT2D eigenvalue weighted by molar-refractivity contribution is 0.255. The third-order valence-corrected chi connectivity index (χ3v) is 6.46. The number of rotatable bonds is 2. The first-order chi connectivity index (χ1) is 16.1. The highest BCUT2D eigenvalue weighted by Gasteiger charge is 2.40. The van der Waals surface area contributed by atoms with Crippen LogP contribution in [0.5, 0.6) is 0 Å². The maximum atomic E-state index is 13.5. The van der Waals surface area contributed by atoms with Gasteiger partial charge in [0.1, 0.15) is 0 Å². The molecule has 0 saturated carbocycles. The first-order valence-electron chi connectivity index (χ1n) is 10.9. The van der Waals surface area contributed by atoms with E-state index in [1.54, 1.807) is 17.2 Å². The number of amides is 2. The molecule has 8 heteroatoms. The third-order valence-electron chi connectivity index (χ3n) is 6.46. The number of pyridine rings is 1. The largest absolute Gasteiger partial charge is 0.366 e. The van der Waals surface area contributed by atoms with Crippen molar-refractivity contribution in [2.24, 2.45) is 7.05 Å². The molecule has 33 heavy (non-hydrogen) atoms. The molecule has 2 amide bonds. The first-order valence-corrected chi connectivity index (χ1v) is 10.9. The highest BCUT2D eigenvalue weighted by Crippen LogP contribution is 2.40. The fraction of sp³-hybridized carbons (Fsp3) is 0.200. The Labute approximate surface area is 190 Å². The highest BCUT2D eigenvalue weighted by molar-refractivity contribution is 6.05. The minimum absolute atomic E-state index is 0.0628. The van der Waals surface area contributed by atoms with Crippen molar-refractivity contribution in [3.05, 3.63) is 66.4 Å². The van der Waals surface area contributed by atoms with Crippen LogP contribution in [0, 0.1) is 11.3 Å².